The number of hydrogen-bond acceptors (Lipinski definition) is 0. The molecule has 0 bridgehead atoms. The minimum atomic E-state index is 0. The molecular formula is Ge2Si3. The van der Waals surface area contributed by atoms with E-state index < -0.39 is 0 Å². The van der Waals surface area contributed by atoms with E-state index in [1.165, 1.54) is 0 Å². The van der Waals surface area contributed by atoms with Crippen LogP contribution in [-0.4, -0.2) is 68.1 Å². The summed E-state index contributed by atoms with van der Waals surface area (Å²) in [6.45, 7) is 0. The Morgan fingerprint density at radius 2 is 0.400 bits per heavy atom. The molecule has 0 aliphatic heterocycles. The van der Waals surface area contributed by atoms with Gasteiger partial charge in [0.15, 0.2) is 0 Å². The minimum absolute atomic E-state index is 0. The molecule has 0 saturated heterocycles. The van der Waals surface area contributed by atoms with Crippen LogP contribution < -0.4 is 0 Å². The van der Waals surface area contributed by atoms with Crippen molar-refractivity contribution in [2.45, 2.75) is 0 Å². The van der Waals surface area contributed by atoms with Crippen LogP contribution in [0.3, 0.4) is 0 Å². The first kappa shape index (κ1) is 73.5. The van der Waals surface area contributed by atoms with Crippen LogP contribution in [0, 0.1) is 0 Å². The summed E-state index contributed by atoms with van der Waals surface area (Å²) in [7, 11) is 0. The SMILES string of the molecule is [Ge].[Ge].[Si].[Si].[Si]. The average Bonchev–Trinajstić information content (AvgIpc) is 0. The van der Waals surface area contributed by atoms with E-state index in [0.29, 0.717) is 0 Å². The first-order valence-electron chi connectivity index (χ1n) is 0. The maximum atomic E-state index is 0. The van der Waals surface area contributed by atoms with Gasteiger partial charge in [0.05, 0.1) is 0 Å². The van der Waals surface area contributed by atoms with E-state index in [9.17, 15) is 0 Å². The molecule has 5 heteroatoms. The molecule has 0 rings (SSSR count). The predicted molar refractivity (Wildman–Crippen MR) is 28.8 cm³/mol. The summed E-state index contributed by atoms with van der Waals surface area (Å²) >= 11 is 0. The fraction of sp³-hybridized carbons (Fsp3) is 0. The second-order valence-corrected chi connectivity index (χ2v) is 0. The predicted octanol–water partition coefficient (Wildman–Crippen LogP) is -1.90. The van der Waals surface area contributed by atoms with Gasteiger partial charge in [0, 0.05) is 68.1 Å². The van der Waals surface area contributed by atoms with Gasteiger partial charge in [-0.15, -0.1) is 0 Å². The number of rotatable bonds is 0. The summed E-state index contributed by atoms with van der Waals surface area (Å²) in [6.07, 6.45) is 0. The Balaban J connectivity index is 0. The van der Waals surface area contributed by atoms with E-state index in [4.69, 9.17) is 0 Å². The zero-order valence-electron chi connectivity index (χ0n) is 2.50. The van der Waals surface area contributed by atoms with Gasteiger partial charge in [-0.2, -0.15) is 0 Å². The molecule has 20 valence electrons. The Morgan fingerprint density at radius 1 is 0.400 bits per heavy atom. The van der Waals surface area contributed by atoms with E-state index in [1.807, 2.05) is 0 Å². The molecule has 0 nitrogen and oxygen atoms in total. The van der Waals surface area contributed by atoms with Crippen LogP contribution >= 0.6 is 0 Å². The van der Waals surface area contributed by atoms with Crippen molar-refractivity contribution in [2.24, 2.45) is 0 Å². The van der Waals surface area contributed by atoms with Gasteiger partial charge < -0.3 is 0 Å². The van der Waals surface area contributed by atoms with Crippen LogP contribution in [0.25, 0.3) is 0 Å². The molecule has 20 radical (unpaired) electrons. The molecule has 0 saturated carbocycles. The number of hydrogen-bond donors (Lipinski definition) is 0. The van der Waals surface area contributed by atoms with Crippen LogP contribution in [0.1, 0.15) is 0 Å². The topological polar surface area (TPSA) is 0 Å². The summed E-state index contributed by atoms with van der Waals surface area (Å²) in [5.41, 5.74) is 0. The third kappa shape index (κ3) is 26.6. The Hall–Kier alpha value is 1.74. The van der Waals surface area contributed by atoms with Crippen molar-refractivity contribution >= 4 is 68.1 Å². The first-order valence-corrected chi connectivity index (χ1v) is 0. The van der Waals surface area contributed by atoms with Crippen LogP contribution in [0.4, 0.5) is 0 Å². The van der Waals surface area contributed by atoms with Gasteiger partial charge in [0.1, 0.15) is 0 Å². The van der Waals surface area contributed by atoms with E-state index in [-0.39, 0.29) is 68.1 Å². The van der Waals surface area contributed by atoms with Gasteiger partial charge in [-0.3, -0.25) is 0 Å². The van der Waals surface area contributed by atoms with E-state index in [1.54, 1.807) is 0 Å². The summed E-state index contributed by atoms with van der Waals surface area (Å²) < 4.78 is 0. The Labute approximate surface area is 67.9 Å². The second kappa shape index (κ2) is 42.7. The third-order valence-corrected chi connectivity index (χ3v) is 0. The maximum absolute atomic E-state index is 0. The zero-order valence-corrected chi connectivity index (χ0v) is 9.70. The molecule has 0 heterocycles. The summed E-state index contributed by atoms with van der Waals surface area (Å²) in [5, 5.41) is 0. The molecule has 0 fully saturated rings. The van der Waals surface area contributed by atoms with Gasteiger partial charge in [-0.05, 0) is 0 Å². The van der Waals surface area contributed by atoms with Crippen LogP contribution in [-0.2, 0) is 0 Å². The van der Waals surface area contributed by atoms with Gasteiger partial charge >= 0.3 is 0 Å². The van der Waals surface area contributed by atoms with Crippen LogP contribution in [0.5, 0.6) is 0 Å². The molecule has 0 atom stereocenters. The van der Waals surface area contributed by atoms with Crippen molar-refractivity contribution in [3.8, 4) is 0 Å². The Kier molecular flexibility index (Phi) is 628. The Morgan fingerprint density at radius 3 is 0.400 bits per heavy atom. The molecule has 0 aliphatic carbocycles. The standard InChI is InChI=1S/2Ge.3Si. The molecule has 0 amide bonds. The molecule has 0 aromatic heterocycles. The fourth-order valence-electron chi connectivity index (χ4n) is 0. The molecule has 0 aliphatic rings. The quantitative estimate of drug-likeness (QED) is 0.426. The molecule has 0 spiro atoms. The molecule has 0 aromatic carbocycles. The molecule has 5 heavy (non-hydrogen) atoms. The zero-order chi connectivity index (χ0) is 0. The smallest absolute Gasteiger partial charge is 0 e. The van der Waals surface area contributed by atoms with E-state index >= 15 is 0 Å². The third-order valence-electron chi connectivity index (χ3n) is 0. The van der Waals surface area contributed by atoms with E-state index in [2.05, 4.69) is 0 Å². The fourth-order valence-corrected chi connectivity index (χ4v) is 0. The molecule has 0 aromatic rings. The normalized spacial score (nSPS) is 0. The maximum Gasteiger partial charge on any atom is 0 e. The molecule has 0 unspecified atom stereocenters. The second-order valence-electron chi connectivity index (χ2n) is 0. The van der Waals surface area contributed by atoms with Gasteiger partial charge in [0.2, 0.25) is 0 Å². The Bertz CT molecular complexity index is 4.85. The van der Waals surface area contributed by atoms with Crippen molar-refractivity contribution in [1.29, 1.82) is 0 Å². The monoisotopic (exact) mass is 232 g/mol. The van der Waals surface area contributed by atoms with Crippen molar-refractivity contribution in [2.75, 3.05) is 0 Å². The first-order chi connectivity index (χ1) is 0. The van der Waals surface area contributed by atoms with Gasteiger partial charge in [-0.25, -0.2) is 0 Å². The average molecular weight is 229 g/mol. The van der Waals surface area contributed by atoms with E-state index in [0.717, 1.165) is 0 Å². The van der Waals surface area contributed by atoms with Gasteiger partial charge in [0.25, 0.3) is 0 Å². The summed E-state index contributed by atoms with van der Waals surface area (Å²) in [5.74, 6) is 0. The van der Waals surface area contributed by atoms with Crippen LogP contribution in [0.2, 0.25) is 0 Å². The van der Waals surface area contributed by atoms with Crippen molar-refractivity contribution in [1.82, 2.24) is 0 Å². The largest absolute Gasteiger partial charge is 0 e. The van der Waals surface area contributed by atoms with Gasteiger partial charge in [-0.1, -0.05) is 0 Å². The summed E-state index contributed by atoms with van der Waals surface area (Å²) in [4.78, 5) is 0. The molecule has 0 N–H and O–H groups in total. The molecular weight excluding hydrogens is 229 g/mol. The minimum Gasteiger partial charge on any atom is 0 e. The van der Waals surface area contributed by atoms with Crippen LogP contribution in [0.15, 0.2) is 0 Å². The van der Waals surface area contributed by atoms with Crippen molar-refractivity contribution in [3.63, 3.8) is 0 Å². The van der Waals surface area contributed by atoms with Crippen molar-refractivity contribution in [3.05, 3.63) is 0 Å². The summed E-state index contributed by atoms with van der Waals surface area (Å²) in [6, 6.07) is 0. The van der Waals surface area contributed by atoms with Crippen molar-refractivity contribution < 1.29 is 0 Å².